The molecule has 0 spiro atoms. The Morgan fingerprint density at radius 3 is 2.80 bits per heavy atom. The summed E-state index contributed by atoms with van der Waals surface area (Å²) in [5, 5.41) is 9.69. The molecule has 1 saturated carbocycles. The second kappa shape index (κ2) is 9.63. The van der Waals surface area contributed by atoms with Gasteiger partial charge in [0.25, 0.3) is 12.3 Å². The molecule has 3 aliphatic rings. The van der Waals surface area contributed by atoms with Gasteiger partial charge in [-0.25, -0.2) is 13.8 Å². The normalized spacial score (nSPS) is 21.5. The number of amides is 1. The summed E-state index contributed by atoms with van der Waals surface area (Å²) in [6.45, 7) is 2.91. The van der Waals surface area contributed by atoms with Gasteiger partial charge < -0.3 is 25.9 Å². The monoisotopic (exact) mass is 484 g/mol. The Bertz CT molecular complexity index is 1120. The van der Waals surface area contributed by atoms with Crippen LogP contribution in [0.4, 0.5) is 31.9 Å². The molecule has 5 rings (SSSR count). The van der Waals surface area contributed by atoms with Crippen LogP contribution in [0.25, 0.3) is 0 Å². The van der Waals surface area contributed by atoms with E-state index in [2.05, 4.69) is 42.9 Å². The van der Waals surface area contributed by atoms with Gasteiger partial charge in [-0.15, -0.1) is 0 Å². The predicted octanol–water partition coefficient (Wildman–Crippen LogP) is 3.78. The van der Waals surface area contributed by atoms with Crippen LogP contribution >= 0.6 is 0 Å². The summed E-state index contributed by atoms with van der Waals surface area (Å²) < 4.78 is 27.7. The number of hydrazone groups is 1. The van der Waals surface area contributed by atoms with E-state index in [9.17, 15) is 13.6 Å². The van der Waals surface area contributed by atoms with Crippen LogP contribution in [0.3, 0.4) is 0 Å². The van der Waals surface area contributed by atoms with E-state index in [1.54, 1.807) is 12.5 Å². The molecule has 186 valence electrons. The number of alkyl halides is 2. The number of carbonyl (C=O) groups excluding carboxylic acids is 1. The van der Waals surface area contributed by atoms with E-state index in [0.717, 1.165) is 37.3 Å². The fourth-order valence-electron chi connectivity index (χ4n) is 5.49. The smallest absolute Gasteiger partial charge is 0.265 e. The summed E-state index contributed by atoms with van der Waals surface area (Å²) in [6.07, 6.45) is 6.28. The van der Waals surface area contributed by atoms with Gasteiger partial charge in [-0.3, -0.25) is 4.79 Å². The third-order valence-corrected chi connectivity index (χ3v) is 7.16. The molecule has 3 N–H and O–H groups in total. The first-order valence-corrected chi connectivity index (χ1v) is 12.1. The fraction of sp³-hybridized carbons (Fsp3) is 0.500. The molecule has 2 atom stereocenters. The molecular formula is C24H30F2N8O. The molecule has 1 aliphatic carbocycles. The van der Waals surface area contributed by atoms with Crippen LogP contribution in [0.1, 0.15) is 61.4 Å². The second-order valence-electron chi connectivity index (χ2n) is 9.11. The zero-order chi connectivity index (χ0) is 24.5. The lowest BCUT2D eigenvalue weighted by molar-refractivity contribution is 0.0962. The number of nitrogens with zero attached hydrogens (tertiary/aromatic N) is 5. The van der Waals surface area contributed by atoms with Crippen molar-refractivity contribution in [2.24, 2.45) is 5.10 Å². The quantitative estimate of drug-likeness (QED) is 0.574. The molecule has 1 amide bonds. The number of hydrogen-bond acceptors (Lipinski definition) is 8. The summed E-state index contributed by atoms with van der Waals surface area (Å²) in [6, 6.07) is 4.99. The Labute approximate surface area is 203 Å². The molecule has 0 bridgehead atoms. The van der Waals surface area contributed by atoms with Crippen LogP contribution in [0, 0.1) is 0 Å². The van der Waals surface area contributed by atoms with Gasteiger partial charge in [0.05, 0.1) is 24.8 Å². The summed E-state index contributed by atoms with van der Waals surface area (Å²) in [5.41, 5.74) is 4.05. The minimum atomic E-state index is -2.77. The van der Waals surface area contributed by atoms with Crippen molar-refractivity contribution in [3.05, 3.63) is 35.5 Å². The summed E-state index contributed by atoms with van der Waals surface area (Å²) in [7, 11) is 1.46. The maximum Gasteiger partial charge on any atom is 0.265 e. The van der Waals surface area contributed by atoms with Gasteiger partial charge in [-0.05, 0) is 37.5 Å². The Hall–Kier alpha value is -3.50. The third kappa shape index (κ3) is 4.23. The summed E-state index contributed by atoms with van der Waals surface area (Å²) in [4.78, 5) is 25.8. The number of hydrogen-bond donors (Lipinski definition) is 3. The highest BCUT2D eigenvalue weighted by Gasteiger charge is 2.43. The van der Waals surface area contributed by atoms with Gasteiger partial charge in [0.1, 0.15) is 12.0 Å². The average Bonchev–Trinajstić information content (AvgIpc) is 3.42. The SMILES string of the molecule is CCC1C2CNN=CN2c2cnc(Nc3ccc(C(=O)NC)cc3C(F)F)nc2N1C1CCCC1. The Morgan fingerprint density at radius 2 is 2.09 bits per heavy atom. The van der Waals surface area contributed by atoms with Crippen molar-refractivity contribution in [2.75, 3.05) is 28.7 Å². The van der Waals surface area contributed by atoms with E-state index >= 15 is 0 Å². The molecule has 11 heteroatoms. The predicted molar refractivity (Wildman–Crippen MR) is 132 cm³/mol. The topological polar surface area (TPSA) is 97.8 Å². The van der Waals surface area contributed by atoms with Crippen LogP contribution < -0.4 is 25.9 Å². The van der Waals surface area contributed by atoms with Gasteiger partial charge in [0.15, 0.2) is 5.82 Å². The van der Waals surface area contributed by atoms with Gasteiger partial charge in [-0.2, -0.15) is 10.1 Å². The molecule has 9 nitrogen and oxygen atoms in total. The maximum atomic E-state index is 13.9. The van der Waals surface area contributed by atoms with Gasteiger partial charge in [0.2, 0.25) is 5.95 Å². The highest BCUT2D eigenvalue weighted by Crippen LogP contribution is 2.42. The lowest BCUT2D eigenvalue weighted by atomic mass is 9.95. The minimum absolute atomic E-state index is 0.168. The minimum Gasteiger partial charge on any atom is -0.355 e. The Morgan fingerprint density at radius 1 is 1.29 bits per heavy atom. The first-order valence-electron chi connectivity index (χ1n) is 12.1. The first kappa shape index (κ1) is 23.3. The van der Waals surface area contributed by atoms with E-state index in [-0.39, 0.29) is 34.8 Å². The van der Waals surface area contributed by atoms with Crippen molar-refractivity contribution >= 4 is 35.4 Å². The standard InChI is InChI=1S/C24H30F2N8O/c1-3-18-19-12-29-30-13-33(19)20-11-28-24(32-22(20)34(18)15-6-4-5-7-15)31-17-9-8-14(23(35)27-2)10-16(17)21(25)26/h8-11,13,15,18-19,21,29H,3-7,12H2,1-2H3,(H,27,35)(H,28,31,32). The lowest BCUT2D eigenvalue weighted by Gasteiger charge is -2.50. The fourth-order valence-corrected chi connectivity index (χ4v) is 5.49. The number of nitrogens with one attached hydrogen (secondary N) is 3. The molecule has 3 heterocycles. The van der Waals surface area contributed by atoms with Gasteiger partial charge in [0, 0.05) is 29.9 Å². The Kier molecular flexibility index (Phi) is 6.40. The van der Waals surface area contributed by atoms with E-state index in [1.807, 2.05) is 0 Å². The van der Waals surface area contributed by atoms with Crippen LogP contribution in [0.2, 0.25) is 0 Å². The van der Waals surface area contributed by atoms with Gasteiger partial charge in [-0.1, -0.05) is 19.8 Å². The molecule has 35 heavy (non-hydrogen) atoms. The van der Waals surface area contributed by atoms with Crippen molar-refractivity contribution in [1.29, 1.82) is 0 Å². The van der Waals surface area contributed by atoms with Crippen molar-refractivity contribution in [3.63, 3.8) is 0 Å². The maximum absolute atomic E-state index is 13.9. The van der Waals surface area contributed by atoms with Crippen molar-refractivity contribution in [3.8, 4) is 0 Å². The van der Waals surface area contributed by atoms with Crippen LogP contribution in [0.5, 0.6) is 0 Å². The van der Waals surface area contributed by atoms with E-state index in [4.69, 9.17) is 4.98 Å². The molecule has 1 aromatic carbocycles. The first-order chi connectivity index (χ1) is 17.0. The highest BCUT2D eigenvalue weighted by molar-refractivity contribution is 5.95. The second-order valence-corrected chi connectivity index (χ2v) is 9.11. The number of fused-ring (bicyclic) bond motifs is 3. The molecule has 1 aromatic heterocycles. The molecule has 0 radical (unpaired) electrons. The molecular weight excluding hydrogens is 454 g/mol. The molecule has 0 saturated heterocycles. The average molecular weight is 485 g/mol. The number of carbonyl (C=O) groups is 1. The number of halogens is 2. The van der Waals surface area contributed by atoms with E-state index in [1.165, 1.54) is 38.1 Å². The molecule has 2 aliphatic heterocycles. The number of aromatic nitrogens is 2. The van der Waals surface area contributed by atoms with Crippen molar-refractivity contribution in [1.82, 2.24) is 20.7 Å². The Balaban J connectivity index is 1.54. The van der Waals surface area contributed by atoms with Crippen molar-refractivity contribution < 1.29 is 13.6 Å². The molecule has 1 fully saturated rings. The molecule has 2 aromatic rings. The van der Waals surface area contributed by atoms with Crippen molar-refractivity contribution in [2.45, 2.75) is 63.6 Å². The lowest BCUT2D eigenvalue weighted by Crippen LogP contribution is -2.62. The van der Waals surface area contributed by atoms with Gasteiger partial charge >= 0.3 is 0 Å². The van der Waals surface area contributed by atoms with Crippen LogP contribution in [-0.4, -0.2) is 53.9 Å². The zero-order valence-corrected chi connectivity index (χ0v) is 19.8. The third-order valence-electron chi connectivity index (χ3n) is 7.16. The van der Waals surface area contributed by atoms with E-state index in [0.29, 0.717) is 6.04 Å². The molecule has 2 unspecified atom stereocenters. The summed E-state index contributed by atoms with van der Waals surface area (Å²) in [5.74, 6) is 0.613. The largest absolute Gasteiger partial charge is 0.355 e. The number of anilines is 4. The van der Waals surface area contributed by atoms with Crippen LogP contribution in [0.15, 0.2) is 29.5 Å². The zero-order valence-electron chi connectivity index (χ0n) is 19.8. The highest BCUT2D eigenvalue weighted by atomic mass is 19.3. The number of rotatable bonds is 6. The summed E-state index contributed by atoms with van der Waals surface area (Å²) >= 11 is 0. The number of benzene rings is 1. The van der Waals surface area contributed by atoms with Crippen LogP contribution in [-0.2, 0) is 0 Å². The van der Waals surface area contributed by atoms with E-state index < -0.39 is 12.3 Å².